The molecule has 9 heavy (non-hydrogen) atoms. The van der Waals surface area contributed by atoms with Crippen molar-refractivity contribution < 1.29 is 58.2 Å². The predicted molar refractivity (Wildman–Crippen MR) is 30.6 cm³/mol. The van der Waals surface area contributed by atoms with E-state index in [-0.39, 0.29) is 63.7 Å². The van der Waals surface area contributed by atoms with Gasteiger partial charge in [0.25, 0.3) is 0 Å². The third-order valence-electron chi connectivity index (χ3n) is 0.961. The van der Waals surface area contributed by atoms with Crippen LogP contribution in [0.1, 0.15) is 5.56 Å². The van der Waals surface area contributed by atoms with Crippen LogP contribution >= 0.6 is 0 Å². The molecule has 1 rings (SSSR count). The van der Waals surface area contributed by atoms with Crippen molar-refractivity contribution in [3.63, 3.8) is 0 Å². The zero-order valence-corrected chi connectivity index (χ0v) is 10.5. The van der Waals surface area contributed by atoms with Crippen LogP contribution in [-0.4, -0.2) is 4.98 Å². The quantitative estimate of drug-likeness (QED) is 0.454. The summed E-state index contributed by atoms with van der Waals surface area (Å²) in [6.07, 6.45) is 2.56. The van der Waals surface area contributed by atoms with E-state index < -0.39 is 0 Å². The molecule has 0 saturated carbocycles. The second-order valence-electron chi connectivity index (χ2n) is 1.61. The van der Waals surface area contributed by atoms with E-state index in [4.69, 9.17) is 0 Å². The van der Waals surface area contributed by atoms with Gasteiger partial charge in [0.05, 0.1) is 0 Å². The summed E-state index contributed by atoms with van der Waals surface area (Å²) >= 11 is 0. The first-order chi connectivity index (χ1) is 3.80. The van der Waals surface area contributed by atoms with Crippen molar-refractivity contribution >= 4 is 0 Å². The summed E-state index contributed by atoms with van der Waals surface area (Å²) in [5.74, 6) is 0. The Labute approximate surface area is 102 Å². The molecule has 2 nitrogen and oxygen atoms in total. The molecule has 0 bridgehead atoms. The summed E-state index contributed by atoms with van der Waals surface area (Å²) in [5.41, 5.74) is 0.663. The van der Waals surface area contributed by atoms with Crippen LogP contribution in [0.5, 0.6) is 0 Å². The summed E-state index contributed by atoms with van der Waals surface area (Å²) in [6, 6.07) is 3.40. The maximum Gasteiger partial charge on any atom is 1.00 e. The van der Waals surface area contributed by atoms with Crippen molar-refractivity contribution in [1.29, 1.82) is 0 Å². The average molecular weight is 194 g/mol. The fourth-order valence-electron chi connectivity index (χ4n) is 0.448. The Morgan fingerprint density at radius 2 is 2.33 bits per heavy atom. The standard InChI is InChI=1S/C6H6NO.Rb/c1-5-3-2-4-7-6(5)8;/h2-3H,1H3,(H,7,8);/q-1;+1. The molecular formula is C6H6NORb. The molecule has 0 aliphatic rings. The molecule has 0 saturated heterocycles. The van der Waals surface area contributed by atoms with E-state index in [0.29, 0.717) is 0 Å². The normalized spacial score (nSPS) is 8.11. The molecule has 1 N–H and O–H groups in total. The smallest absolute Gasteiger partial charge is 0.437 e. The molecule has 42 valence electrons. The van der Waals surface area contributed by atoms with E-state index >= 15 is 0 Å². The molecule has 0 fully saturated rings. The summed E-state index contributed by atoms with van der Waals surface area (Å²) in [4.78, 5) is 13.0. The van der Waals surface area contributed by atoms with Gasteiger partial charge in [-0.15, -0.1) is 6.20 Å². The average Bonchev–Trinajstić information content (AvgIpc) is 1.77. The minimum atomic E-state index is -0.0625. The fraction of sp³-hybridized carbons (Fsp3) is 0.167. The number of rotatable bonds is 0. The van der Waals surface area contributed by atoms with Gasteiger partial charge in [-0.3, -0.25) is 0 Å². The van der Waals surface area contributed by atoms with Crippen LogP contribution in [0.15, 0.2) is 16.9 Å². The summed E-state index contributed by atoms with van der Waals surface area (Å²) in [6.45, 7) is 1.76. The first kappa shape index (κ1) is 9.76. The molecule has 0 radical (unpaired) electrons. The van der Waals surface area contributed by atoms with E-state index in [2.05, 4.69) is 11.2 Å². The maximum absolute atomic E-state index is 10.5. The first-order valence-corrected chi connectivity index (χ1v) is 2.36. The largest absolute Gasteiger partial charge is 1.00 e. The van der Waals surface area contributed by atoms with Crippen LogP contribution in [0, 0.1) is 13.1 Å². The molecule has 0 atom stereocenters. The van der Waals surface area contributed by atoms with Crippen molar-refractivity contribution in [2.45, 2.75) is 6.92 Å². The number of aryl methyl sites for hydroxylation is 1. The van der Waals surface area contributed by atoms with Gasteiger partial charge in [0.2, 0.25) is 0 Å². The minimum absolute atomic E-state index is 0. The molecule has 0 aliphatic carbocycles. The molecule has 0 aromatic carbocycles. The van der Waals surface area contributed by atoms with Crippen molar-refractivity contribution in [2.24, 2.45) is 0 Å². The van der Waals surface area contributed by atoms with Gasteiger partial charge in [-0.25, -0.2) is 0 Å². The molecule has 1 aromatic heterocycles. The number of pyridine rings is 1. The second kappa shape index (κ2) is 4.55. The van der Waals surface area contributed by atoms with Gasteiger partial charge in [0, 0.05) is 0 Å². The molecule has 1 aromatic rings. The van der Waals surface area contributed by atoms with Crippen LogP contribution in [0.2, 0.25) is 0 Å². The van der Waals surface area contributed by atoms with Crippen LogP contribution in [-0.2, 0) is 0 Å². The van der Waals surface area contributed by atoms with Crippen molar-refractivity contribution in [1.82, 2.24) is 4.98 Å². The van der Waals surface area contributed by atoms with Crippen LogP contribution in [0.4, 0.5) is 0 Å². The SMILES string of the molecule is Cc1cc[c-][nH]c1=O.[Rb+]. The number of nitrogens with one attached hydrogen (secondary N) is 1. The van der Waals surface area contributed by atoms with Gasteiger partial charge >= 0.3 is 58.2 Å². The van der Waals surface area contributed by atoms with Crippen LogP contribution in [0.3, 0.4) is 0 Å². The molecule has 3 heteroatoms. The molecule has 0 spiro atoms. The summed E-state index contributed by atoms with van der Waals surface area (Å²) in [5, 5.41) is 0. The first-order valence-electron chi connectivity index (χ1n) is 2.36. The van der Waals surface area contributed by atoms with Gasteiger partial charge in [-0.2, -0.15) is 12.1 Å². The minimum Gasteiger partial charge on any atom is -0.437 e. The zero-order chi connectivity index (χ0) is 5.98. The Bertz CT molecular complexity index is 230. The summed E-state index contributed by atoms with van der Waals surface area (Å²) in [7, 11) is 0. The maximum atomic E-state index is 10.5. The molecule has 0 aliphatic heterocycles. The van der Waals surface area contributed by atoms with E-state index in [1.54, 1.807) is 19.1 Å². The molecule has 0 unspecified atom stereocenters. The van der Waals surface area contributed by atoms with Gasteiger partial charge in [0.15, 0.2) is 0 Å². The Morgan fingerprint density at radius 1 is 1.67 bits per heavy atom. The Morgan fingerprint density at radius 3 is 2.67 bits per heavy atom. The zero-order valence-electron chi connectivity index (χ0n) is 5.56. The predicted octanol–water partition coefficient (Wildman–Crippen LogP) is -2.51. The van der Waals surface area contributed by atoms with E-state index in [1.165, 1.54) is 0 Å². The van der Waals surface area contributed by atoms with Crippen LogP contribution in [0.25, 0.3) is 0 Å². The Hall–Kier alpha value is 0.755. The van der Waals surface area contributed by atoms with Gasteiger partial charge in [0.1, 0.15) is 5.56 Å². The van der Waals surface area contributed by atoms with E-state index in [9.17, 15) is 4.79 Å². The van der Waals surface area contributed by atoms with E-state index in [0.717, 1.165) is 5.56 Å². The third-order valence-corrected chi connectivity index (χ3v) is 0.961. The number of H-pyrrole nitrogens is 1. The van der Waals surface area contributed by atoms with Crippen LogP contribution < -0.4 is 63.7 Å². The van der Waals surface area contributed by atoms with Gasteiger partial charge in [-0.05, 0) is 0 Å². The van der Waals surface area contributed by atoms with Crippen molar-refractivity contribution in [3.8, 4) is 0 Å². The molecule has 0 amide bonds. The summed E-state index contributed by atoms with van der Waals surface area (Å²) < 4.78 is 0. The Kier molecular flexibility index (Phi) is 4.93. The topological polar surface area (TPSA) is 32.9 Å². The Balaban J connectivity index is 0.000000640. The monoisotopic (exact) mass is 193 g/mol. The molecule has 1 heterocycles. The van der Waals surface area contributed by atoms with E-state index in [1.807, 2.05) is 0 Å². The van der Waals surface area contributed by atoms with Crippen molar-refractivity contribution in [3.05, 3.63) is 34.2 Å². The fourth-order valence-corrected chi connectivity index (χ4v) is 0.448. The van der Waals surface area contributed by atoms with Gasteiger partial charge < -0.3 is 9.78 Å². The number of hydrogen-bond acceptors (Lipinski definition) is 1. The van der Waals surface area contributed by atoms with Gasteiger partial charge in [-0.1, -0.05) is 12.5 Å². The number of aromatic nitrogens is 1. The molecular weight excluding hydrogens is 188 g/mol. The van der Waals surface area contributed by atoms with Crippen molar-refractivity contribution in [2.75, 3.05) is 0 Å². The third kappa shape index (κ3) is 2.89. The second-order valence-corrected chi connectivity index (χ2v) is 1.61. The number of hydrogen-bond donors (Lipinski definition) is 1. The number of aromatic amines is 1.